The molecule has 11 heteroatoms. The summed E-state index contributed by atoms with van der Waals surface area (Å²) in [5.74, 6) is -1.83. The lowest BCUT2D eigenvalue weighted by Gasteiger charge is -2.33. The van der Waals surface area contributed by atoms with Crippen LogP contribution in [0, 0.1) is 5.82 Å². The summed E-state index contributed by atoms with van der Waals surface area (Å²) in [6.07, 6.45) is 2.82. The van der Waals surface area contributed by atoms with Crippen LogP contribution in [-0.4, -0.2) is 50.5 Å². The first-order chi connectivity index (χ1) is 16.5. The molecule has 0 unspecified atom stereocenters. The van der Waals surface area contributed by atoms with Crippen molar-refractivity contribution in [3.63, 3.8) is 0 Å². The number of hydrogen-bond donors (Lipinski definition) is 1. The Morgan fingerprint density at radius 3 is 2.37 bits per heavy atom. The van der Waals surface area contributed by atoms with Crippen molar-refractivity contribution in [3.05, 3.63) is 63.9 Å². The van der Waals surface area contributed by atoms with Gasteiger partial charge in [0, 0.05) is 23.1 Å². The van der Waals surface area contributed by atoms with Crippen molar-refractivity contribution in [2.75, 3.05) is 23.7 Å². The highest BCUT2D eigenvalue weighted by Crippen LogP contribution is 2.25. The first-order valence-corrected chi connectivity index (χ1v) is 13.8. The number of nitrogens with zero attached hydrogens (tertiary/aromatic N) is 2. The van der Waals surface area contributed by atoms with Gasteiger partial charge in [-0.3, -0.25) is 13.9 Å². The van der Waals surface area contributed by atoms with E-state index < -0.39 is 34.3 Å². The fraction of sp³-hybridized carbons (Fsp3) is 0.417. The number of nitrogens with one attached hydrogen (secondary N) is 1. The average molecular weight is 546 g/mol. The number of benzene rings is 2. The highest BCUT2D eigenvalue weighted by Gasteiger charge is 2.32. The van der Waals surface area contributed by atoms with E-state index >= 15 is 0 Å². The van der Waals surface area contributed by atoms with Gasteiger partial charge >= 0.3 is 0 Å². The summed E-state index contributed by atoms with van der Waals surface area (Å²) in [6.45, 7) is 3.43. The maximum Gasteiger partial charge on any atom is 0.244 e. The lowest BCUT2D eigenvalue weighted by molar-refractivity contribution is -0.140. The van der Waals surface area contributed by atoms with Crippen LogP contribution in [0.5, 0.6) is 0 Å². The Morgan fingerprint density at radius 2 is 1.80 bits per heavy atom. The van der Waals surface area contributed by atoms with E-state index in [9.17, 15) is 22.4 Å². The second-order valence-corrected chi connectivity index (χ2v) is 10.8. The maximum atomic E-state index is 14.5. The second kappa shape index (κ2) is 13.1. The molecule has 0 fully saturated rings. The third-order valence-corrected chi connectivity index (χ3v) is 7.09. The van der Waals surface area contributed by atoms with E-state index in [1.165, 1.54) is 29.2 Å². The predicted molar refractivity (Wildman–Crippen MR) is 138 cm³/mol. The van der Waals surface area contributed by atoms with Gasteiger partial charge in [-0.2, -0.15) is 0 Å². The van der Waals surface area contributed by atoms with Crippen LogP contribution in [0.15, 0.2) is 42.5 Å². The molecule has 0 heterocycles. The van der Waals surface area contributed by atoms with Crippen LogP contribution in [0.3, 0.4) is 0 Å². The number of rotatable bonds is 12. The van der Waals surface area contributed by atoms with Crippen LogP contribution in [0.25, 0.3) is 0 Å². The Labute approximate surface area is 216 Å². The molecule has 2 rings (SSSR count). The molecule has 1 N–H and O–H groups in total. The zero-order valence-electron chi connectivity index (χ0n) is 19.9. The molecule has 0 aliphatic carbocycles. The summed E-state index contributed by atoms with van der Waals surface area (Å²) in [4.78, 5) is 27.8. The first kappa shape index (κ1) is 28.9. The lowest BCUT2D eigenvalue weighted by atomic mass is 10.1. The molecule has 0 bridgehead atoms. The van der Waals surface area contributed by atoms with E-state index in [1.54, 1.807) is 19.1 Å². The summed E-state index contributed by atoms with van der Waals surface area (Å²) in [7, 11) is -4.02. The highest BCUT2D eigenvalue weighted by molar-refractivity contribution is 7.92. The molecule has 0 saturated heterocycles. The van der Waals surface area contributed by atoms with Crippen molar-refractivity contribution >= 4 is 50.7 Å². The van der Waals surface area contributed by atoms with Crippen molar-refractivity contribution in [1.29, 1.82) is 0 Å². The van der Waals surface area contributed by atoms with E-state index in [0.717, 1.165) is 25.2 Å². The summed E-state index contributed by atoms with van der Waals surface area (Å²) < 4.78 is 40.2. The molecular formula is C24H30Cl2FN3O4S. The Balaban J connectivity index is 2.45. The van der Waals surface area contributed by atoms with Crippen LogP contribution in [0.2, 0.25) is 10.0 Å². The highest BCUT2D eigenvalue weighted by atomic mass is 35.5. The zero-order valence-corrected chi connectivity index (χ0v) is 22.3. The van der Waals surface area contributed by atoms with Gasteiger partial charge in [-0.25, -0.2) is 12.8 Å². The first-order valence-electron chi connectivity index (χ1n) is 11.2. The van der Waals surface area contributed by atoms with Crippen LogP contribution < -0.4 is 9.62 Å². The molecule has 2 amide bonds. The molecule has 2 aromatic rings. The van der Waals surface area contributed by atoms with Crippen molar-refractivity contribution in [1.82, 2.24) is 10.2 Å². The number of anilines is 1. The number of carbonyl (C=O) groups excluding carboxylic acids is 2. The smallest absolute Gasteiger partial charge is 0.244 e. The van der Waals surface area contributed by atoms with Crippen LogP contribution in [-0.2, 0) is 26.2 Å². The van der Waals surface area contributed by atoms with E-state index in [2.05, 4.69) is 5.32 Å². The third kappa shape index (κ3) is 8.08. The standard InChI is InChI=1S/C24H30Cl2FN3O4S/c1-4-6-13-28-24(32)21(5-2)29(15-17-11-12-18(25)14-19(17)26)23(31)16-30(35(3,33)34)22-10-8-7-9-20(22)27/h7-12,14,21H,4-6,13,15-16H2,1-3H3,(H,28,32)/t21-/m0/s1. The van der Waals surface area contributed by atoms with Crippen molar-refractivity contribution < 1.29 is 22.4 Å². The molecule has 0 saturated carbocycles. The number of unbranched alkanes of at least 4 members (excludes halogenated alkanes) is 1. The number of amides is 2. The predicted octanol–water partition coefficient (Wildman–Crippen LogP) is 4.62. The topological polar surface area (TPSA) is 86.8 Å². The van der Waals surface area contributed by atoms with Crippen LogP contribution in [0.1, 0.15) is 38.7 Å². The van der Waals surface area contributed by atoms with Gasteiger partial charge in [0.05, 0.1) is 11.9 Å². The van der Waals surface area contributed by atoms with E-state index in [1.807, 2.05) is 6.92 Å². The summed E-state index contributed by atoms with van der Waals surface area (Å²) >= 11 is 12.3. The molecule has 0 aromatic heterocycles. The molecule has 2 aromatic carbocycles. The van der Waals surface area contributed by atoms with Gasteiger partial charge in [-0.15, -0.1) is 0 Å². The largest absolute Gasteiger partial charge is 0.354 e. The van der Waals surface area contributed by atoms with E-state index in [4.69, 9.17) is 23.2 Å². The molecule has 1 atom stereocenters. The Bertz CT molecular complexity index is 1150. The molecule has 7 nitrogen and oxygen atoms in total. The van der Waals surface area contributed by atoms with Crippen LogP contribution in [0.4, 0.5) is 10.1 Å². The summed E-state index contributed by atoms with van der Waals surface area (Å²) in [6, 6.07) is 9.15. The van der Waals surface area contributed by atoms with Gasteiger partial charge in [0.15, 0.2) is 0 Å². The molecule has 0 radical (unpaired) electrons. The normalized spacial score (nSPS) is 12.2. The molecular weight excluding hydrogens is 516 g/mol. The Kier molecular flexibility index (Phi) is 10.8. The fourth-order valence-corrected chi connectivity index (χ4v) is 4.83. The minimum Gasteiger partial charge on any atom is -0.354 e. The van der Waals surface area contributed by atoms with E-state index in [0.29, 0.717) is 26.5 Å². The van der Waals surface area contributed by atoms with Crippen LogP contribution >= 0.6 is 23.2 Å². The quantitative estimate of drug-likeness (QED) is 0.394. The minimum absolute atomic E-state index is 0.0661. The monoisotopic (exact) mass is 545 g/mol. The number of halogens is 3. The SMILES string of the molecule is CCCCNC(=O)[C@H](CC)N(Cc1ccc(Cl)cc1Cl)C(=O)CN(c1ccccc1F)S(C)(=O)=O. The number of para-hydroxylation sites is 1. The number of hydrogen-bond acceptors (Lipinski definition) is 4. The molecule has 35 heavy (non-hydrogen) atoms. The fourth-order valence-electron chi connectivity index (χ4n) is 3.51. The Hall–Kier alpha value is -2.36. The Morgan fingerprint density at radius 1 is 1.11 bits per heavy atom. The second-order valence-electron chi connectivity index (χ2n) is 8.05. The summed E-state index contributed by atoms with van der Waals surface area (Å²) in [5, 5.41) is 3.53. The minimum atomic E-state index is -4.02. The molecule has 192 valence electrons. The summed E-state index contributed by atoms with van der Waals surface area (Å²) in [5.41, 5.74) is 0.272. The third-order valence-electron chi connectivity index (χ3n) is 5.37. The molecule has 0 aliphatic rings. The van der Waals surface area contributed by atoms with Crippen molar-refractivity contribution in [2.45, 2.75) is 45.7 Å². The molecule has 0 aliphatic heterocycles. The van der Waals surface area contributed by atoms with Gasteiger partial charge in [0.25, 0.3) is 0 Å². The van der Waals surface area contributed by atoms with Crippen molar-refractivity contribution in [3.8, 4) is 0 Å². The average Bonchev–Trinajstić information content (AvgIpc) is 2.78. The van der Waals surface area contributed by atoms with Gasteiger partial charge in [-0.05, 0) is 42.7 Å². The van der Waals surface area contributed by atoms with Gasteiger partial charge in [-0.1, -0.05) is 61.7 Å². The molecule has 0 spiro atoms. The zero-order chi connectivity index (χ0) is 26.2. The van der Waals surface area contributed by atoms with Gasteiger partial charge in [0.2, 0.25) is 21.8 Å². The number of sulfonamides is 1. The van der Waals surface area contributed by atoms with Gasteiger partial charge < -0.3 is 10.2 Å². The lowest BCUT2D eigenvalue weighted by Crippen LogP contribution is -2.52. The van der Waals surface area contributed by atoms with Gasteiger partial charge in [0.1, 0.15) is 18.4 Å². The number of carbonyl (C=O) groups is 2. The van der Waals surface area contributed by atoms with Crippen molar-refractivity contribution in [2.24, 2.45) is 0 Å². The van der Waals surface area contributed by atoms with E-state index in [-0.39, 0.29) is 24.6 Å². The maximum absolute atomic E-state index is 14.5.